The van der Waals surface area contributed by atoms with Crippen LogP contribution in [-0.4, -0.2) is 0 Å². The number of benzene rings is 1. The van der Waals surface area contributed by atoms with E-state index in [1.807, 2.05) is 19.1 Å². The maximum Gasteiger partial charge on any atom is 0.0594 e. The maximum atomic E-state index is 5.68. The lowest BCUT2D eigenvalue weighted by Gasteiger charge is -2.37. The van der Waals surface area contributed by atoms with E-state index in [0.29, 0.717) is 15.5 Å². The van der Waals surface area contributed by atoms with Gasteiger partial charge >= 0.3 is 0 Å². The van der Waals surface area contributed by atoms with E-state index in [0.717, 1.165) is 11.5 Å². The van der Waals surface area contributed by atoms with Crippen LogP contribution in [0.1, 0.15) is 73.3 Å². The average Bonchev–Trinajstić information content (AvgIpc) is 2.36. The molecule has 0 heterocycles. The van der Waals surface area contributed by atoms with Gasteiger partial charge in [-0.25, -0.2) is 0 Å². The van der Waals surface area contributed by atoms with Crippen molar-refractivity contribution in [2.75, 3.05) is 0 Å². The third-order valence-electron chi connectivity index (χ3n) is 4.46. The van der Waals surface area contributed by atoms with E-state index >= 15 is 0 Å². The number of aryl methyl sites for hydroxylation is 1. The minimum Gasteiger partial charge on any atom is -0.0827 e. The molecule has 0 atom stereocenters. The molecule has 0 unspecified atom stereocenters. The Balaban J connectivity index is 0. The van der Waals surface area contributed by atoms with Gasteiger partial charge in [0.25, 0.3) is 0 Å². The van der Waals surface area contributed by atoms with Crippen molar-refractivity contribution in [3.05, 3.63) is 33.8 Å². The summed E-state index contributed by atoms with van der Waals surface area (Å²) < 4.78 is 0. The maximum absolute atomic E-state index is 5.68. The van der Waals surface area contributed by atoms with Crippen molar-refractivity contribution in [2.45, 2.75) is 74.7 Å². The van der Waals surface area contributed by atoms with Crippen LogP contribution in [0.4, 0.5) is 0 Å². The minimum absolute atomic E-state index is 0. The van der Waals surface area contributed by atoms with Crippen LogP contribution in [0.2, 0.25) is 10.0 Å². The molecule has 1 saturated carbocycles. The molecule has 0 amide bonds. The van der Waals surface area contributed by atoms with Crippen LogP contribution in [0.25, 0.3) is 0 Å². The van der Waals surface area contributed by atoms with Crippen molar-refractivity contribution in [1.82, 2.24) is 0 Å². The molecule has 0 N–H and O–H groups in total. The van der Waals surface area contributed by atoms with Gasteiger partial charge < -0.3 is 0 Å². The molecule has 21 heavy (non-hydrogen) atoms. The fraction of sp³-hybridized carbons (Fsp3) is 0.684. The Kier molecular flexibility index (Phi) is 11.6. The minimum atomic E-state index is 0. The Morgan fingerprint density at radius 1 is 0.952 bits per heavy atom. The van der Waals surface area contributed by atoms with Gasteiger partial charge in [0, 0.05) is 0 Å². The standard InChI is InChI=1S/C10H20.C7H6Cl2.2CH4/c1-9(2)10(3)7-5-4-6-8-10;1-5-2-3-6(8)7(9)4-5;;/h9H,4-8H2,1-3H3;2-4H,1H3;2*1H4. The SMILES string of the molecule is C.C.CC(C)C1(C)CCCCC1.Cc1ccc(Cl)c(Cl)c1. The van der Waals surface area contributed by atoms with Crippen molar-refractivity contribution in [3.8, 4) is 0 Å². The van der Waals surface area contributed by atoms with E-state index < -0.39 is 0 Å². The van der Waals surface area contributed by atoms with Crippen LogP contribution in [-0.2, 0) is 0 Å². The van der Waals surface area contributed by atoms with Crippen molar-refractivity contribution < 1.29 is 0 Å². The van der Waals surface area contributed by atoms with Crippen molar-refractivity contribution >= 4 is 23.2 Å². The van der Waals surface area contributed by atoms with Gasteiger partial charge in [0.1, 0.15) is 0 Å². The summed E-state index contributed by atoms with van der Waals surface area (Å²) in [7, 11) is 0. The highest BCUT2D eigenvalue weighted by Gasteiger charge is 2.29. The summed E-state index contributed by atoms with van der Waals surface area (Å²) in [4.78, 5) is 0. The Bertz CT molecular complexity index is 391. The molecule has 2 heteroatoms. The summed E-state index contributed by atoms with van der Waals surface area (Å²) in [6.07, 6.45) is 7.33. The van der Waals surface area contributed by atoms with Crippen LogP contribution in [0.15, 0.2) is 18.2 Å². The Hall–Kier alpha value is -0.200. The zero-order chi connectivity index (χ0) is 14.5. The fourth-order valence-electron chi connectivity index (χ4n) is 2.54. The number of hydrogen-bond donors (Lipinski definition) is 0. The Labute approximate surface area is 143 Å². The summed E-state index contributed by atoms with van der Waals surface area (Å²) in [6.45, 7) is 9.16. The molecular formula is C19H34Cl2. The molecule has 2 rings (SSSR count). The fourth-order valence-corrected chi connectivity index (χ4v) is 2.89. The monoisotopic (exact) mass is 332 g/mol. The van der Waals surface area contributed by atoms with Crippen LogP contribution in [0.3, 0.4) is 0 Å². The highest BCUT2D eigenvalue weighted by atomic mass is 35.5. The molecule has 0 aromatic heterocycles. The molecule has 1 fully saturated rings. The summed E-state index contributed by atoms with van der Waals surface area (Å²) in [5.41, 5.74) is 1.81. The molecule has 1 aliphatic rings. The lowest BCUT2D eigenvalue weighted by molar-refractivity contribution is 0.143. The Morgan fingerprint density at radius 2 is 1.48 bits per heavy atom. The largest absolute Gasteiger partial charge is 0.0827 e. The topological polar surface area (TPSA) is 0 Å². The quantitative estimate of drug-likeness (QED) is 0.486. The summed E-state index contributed by atoms with van der Waals surface area (Å²) in [5.74, 6) is 0.882. The second-order valence-electron chi connectivity index (χ2n) is 6.29. The zero-order valence-electron chi connectivity index (χ0n) is 12.6. The van der Waals surface area contributed by atoms with E-state index in [9.17, 15) is 0 Å². The van der Waals surface area contributed by atoms with E-state index in [4.69, 9.17) is 23.2 Å². The van der Waals surface area contributed by atoms with Crippen molar-refractivity contribution in [3.63, 3.8) is 0 Å². The molecule has 0 nitrogen and oxygen atoms in total. The molecule has 0 spiro atoms. The van der Waals surface area contributed by atoms with Crippen molar-refractivity contribution in [2.24, 2.45) is 11.3 Å². The first kappa shape index (κ1) is 23.1. The van der Waals surface area contributed by atoms with Gasteiger partial charge in [0.2, 0.25) is 0 Å². The molecule has 0 radical (unpaired) electrons. The van der Waals surface area contributed by atoms with Crippen LogP contribution in [0.5, 0.6) is 0 Å². The second kappa shape index (κ2) is 10.5. The van der Waals surface area contributed by atoms with Crippen LogP contribution < -0.4 is 0 Å². The van der Waals surface area contributed by atoms with E-state index in [2.05, 4.69) is 20.8 Å². The van der Waals surface area contributed by atoms with Gasteiger partial charge in [-0.15, -0.1) is 0 Å². The van der Waals surface area contributed by atoms with Gasteiger partial charge in [0.15, 0.2) is 0 Å². The molecule has 1 aromatic carbocycles. The highest BCUT2D eigenvalue weighted by molar-refractivity contribution is 6.41. The van der Waals surface area contributed by atoms with Crippen LogP contribution >= 0.6 is 23.2 Å². The van der Waals surface area contributed by atoms with Crippen LogP contribution in [0, 0.1) is 18.3 Å². The predicted molar refractivity (Wildman–Crippen MR) is 101 cm³/mol. The first-order valence-corrected chi connectivity index (χ1v) is 8.02. The van der Waals surface area contributed by atoms with Gasteiger partial charge in [-0.3, -0.25) is 0 Å². The number of hydrogen-bond acceptors (Lipinski definition) is 0. The van der Waals surface area contributed by atoms with E-state index in [-0.39, 0.29) is 14.9 Å². The molecule has 1 aliphatic carbocycles. The number of rotatable bonds is 1. The number of halogens is 2. The summed E-state index contributed by atoms with van der Waals surface area (Å²) in [6, 6.07) is 5.55. The zero-order valence-corrected chi connectivity index (χ0v) is 14.1. The lowest BCUT2D eigenvalue weighted by atomic mass is 9.69. The average molecular weight is 333 g/mol. The van der Waals surface area contributed by atoms with Gasteiger partial charge in [-0.05, 0) is 48.8 Å². The van der Waals surface area contributed by atoms with Gasteiger partial charge in [0.05, 0.1) is 10.0 Å². The molecule has 0 aliphatic heterocycles. The molecular weight excluding hydrogens is 299 g/mol. The van der Waals surface area contributed by atoms with Gasteiger partial charge in [-0.2, -0.15) is 0 Å². The summed E-state index contributed by atoms with van der Waals surface area (Å²) in [5, 5.41) is 1.24. The Morgan fingerprint density at radius 3 is 1.81 bits per heavy atom. The normalized spacial score (nSPS) is 16.1. The smallest absolute Gasteiger partial charge is 0.0594 e. The molecule has 1 aromatic rings. The lowest BCUT2D eigenvalue weighted by Crippen LogP contribution is -2.25. The van der Waals surface area contributed by atoms with Gasteiger partial charge in [-0.1, -0.05) is 84.2 Å². The third-order valence-corrected chi connectivity index (χ3v) is 5.20. The van der Waals surface area contributed by atoms with Crippen molar-refractivity contribution in [1.29, 1.82) is 0 Å². The first-order valence-electron chi connectivity index (χ1n) is 7.27. The first-order chi connectivity index (χ1) is 8.85. The highest BCUT2D eigenvalue weighted by Crippen LogP contribution is 2.41. The second-order valence-corrected chi connectivity index (χ2v) is 7.10. The molecule has 0 saturated heterocycles. The molecule has 0 bridgehead atoms. The predicted octanol–water partition coefficient (Wildman–Crippen LogP) is 8.19. The summed E-state index contributed by atoms with van der Waals surface area (Å²) >= 11 is 11.3. The van der Waals surface area contributed by atoms with E-state index in [1.165, 1.54) is 32.1 Å². The molecule has 124 valence electrons. The third kappa shape index (κ3) is 7.56. The van der Waals surface area contributed by atoms with E-state index in [1.54, 1.807) is 6.07 Å².